The number of hydrogen-bond acceptors (Lipinski definition) is 4. The summed E-state index contributed by atoms with van der Waals surface area (Å²) >= 11 is 6.25. The highest BCUT2D eigenvalue weighted by Crippen LogP contribution is 2.39. The van der Waals surface area contributed by atoms with Gasteiger partial charge in [-0.3, -0.25) is 19.2 Å². The predicted molar refractivity (Wildman–Crippen MR) is 115 cm³/mol. The van der Waals surface area contributed by atoms with E-state index in [2.05, 4.69) is 0 Å². The molecule has 4 rings (SSSR count). The Labute approximate surface area is 185 Å². The quantitative estimate of drug-likeness (QED) is 0.519. The number of amides is 3. The lowest BCUT2D eigenvalue weighted by Crippen LogP contribution is -2.56. The second-order valence-electron chi connectivity index (χ2n) is 8.02. The molecule has 31 heavy (non-hydrogen) atoms. The summed E-state index contributed by atoms with van der Waals surface area (Å²) in [6.07, 6.45) is 2.96. The van der Waals surface area contributed by atoms with Gasteiger partial charge < -0.3 is 0 Å². The Bertz CT molecular complexity index is 1010. The van der Waals surface area contributed by atoms with Crippen molar-refractivity contribution >= 4 is 35.1 Å². The van der Waals surface area contributed by atoms with Crippen molar-refractivity contribution in [3.63, 3.8) is 0 Å². The van der Waals surface area contributed by atoms with Crippen molar-refractivity contribution in [3.05, 3.63) is 70.7 Å². The lowest BCUT2D eigenvalue weighted by atomic mass is 9.81. The van der Waals surface area contributed by atoms with Crippen molar-refractivity contribution < 1.29 is 19.2 Å². The van der Waals surface area contributed by atoms with Crippen LogP contribution in [0.5, 0.6) is 0 Å². The average Bonchev–Trinajstić information content (AvgIpc) is 3.05. The smallest absolute Gasteiger partial charge is 0.275 e. The number of halogens is 1. The van der Waals surface area contributed by atoms with Gasteiger partial charge in [0.1, 0.15) is 6.04 Å². The summed E-state index contributed by atoms with van der Waals surface area (Å²) in [7, 11) is 0. The van der Waals surface area contributed by atoms with Gasteiger partial charge in [-0.2, -0.15) is 5.01 Å². The Morgan fingerprint density at radius 3 is 2.06 bits per heavy atom. The van der Waals surface area contributed by atoms with E-state index in [0.717, 1.165) is 22.9 Å². The van der Waals surface area contributed by atoms with Crippen molar-refractivity contribution in [2.24, 2.45) is 11.8 Å². The third kappa shape index (κ3) is 3.76. The van der Waals surface area contributed by atoms with E-state index in [0.29, 0.717) is 18.4 Å². The van der Waals surface area contributed by atoms with Gasteiger partial charge in [-0.1, -0.05) is 66.9 Å². The van der Waals surface area contributed by atoms with E-state index in [9.17, 15) is 19.2 Å². The molecule has 2 aromatic rings. The van der Waals surface area contributed by atoms with E-state index in [1.807, 2.05) is 0 Å². The molecule has 1 saturated carbocycles. The van der Waals surface area contributed by atoms with Gasteiger partial charge in [0.25, 0.3) is 17.7 Å². The maximum absolute atomic E-state index is 13.6. The predicted octanol–water partition coefficient (Wildman–Crippen LogP) is 4.14. The van der Waals surface area contributed by atoms with E-state index in [1.165, 1.54) is 13.0 Å². The number of carbonyl (C=O) groups excluding carboxylic acids is 4. The Kier molecular flexibility index (Phi) is 5.92. The standard InChI is InChI=1S/C24H23ClN2O4/c1-15(21(28)16-9-3-2-4-10-16)26(24(31)19-13-7-8-14-20(19)25)27-22(29)17-11-5-6-12-18(17)23(27)30/h2-4,7-10,13-15,17-18H,5-6,11-12H2,1H3/t15-,17-,18+/m0/s1. The van der Waals surface area contributed by atoms with Gasteiger partial charge in [0, 0.05) is 5.56 Å². The fraction of sp³-hybridized carbons (Fsp3) is 0.333. The van der Waals surface area contributed by atoms with Crippen LogP contribution in [-0.4, -0.2) is 39.6 Å². The highest BCUT2D eigenvalue weighted by Gasteiger charge is 2.53. The van der Waals surface area contributed by atoms with Crippen molar-refractivity contribution in [3.8, 4) is 0 Å². The number of nitrogens with zero attached hydrogens (tertiary/aromatic N) is 2. The summed E-state index contributed by atoms with van der Waals surface area (Å²) in [5.74, 6) is -2.73. The van der Waals surface area contributed by atoms with Gasteiger partial charge in [0.2, 0.25) is 0 Å². The first-order valence-electron chi connectivity index (χ1n) is 10.5. The fourth-order valence-electron chi connectivity index (χ4n) is 4.51. The van der Waals surface area contributed by atoms with Crippen molar-refractivity contribution in [1.82, 2.24) is 10.0 Å². The van der Waals surface area contributed by atoms with Crippen LogP contribution >= 0.6 is 11.6 Å². The minimum atomic E-state index is -1.07. The number of imide groups is 1. The number of Topliss-reactive ketones (excluding diaryl/α,β-unsaturated/α-hetero) is 1. The van der Waals surface area contributed by atoms with E-state index in [1.54, 1.807) is 48.5 Å². The molecule has 6 nitrogen and oxygen atoms in total. The van der Waals surface area contributed by atoms with Crippen LogP contribution in [0, 0.1) is 11.8 Å². The summed E-state index contributed by atoms with van der Waals surface area (Å²) in [6, 6.07) is 13.9. The van der Waals surface area contributed by atoms with Crippen LogP contribution in [0.25, 0.3) is 0 Å². The first kappa shape index (κ1) is 21.2. The van der Waals surface area contributed by atoms with Gasteiger partial charge in [-0.15, -0.1) is 0 Å². The third-order valence-corrected chi connectivity index (χ3v) is 6.48. The van der Waals surface area contributed by atoms with Crippen LogP contribution in [0.3, 0.4) is 0 Å². The lowest BCUT2D eigenvalue weighted by Gasteiger charge is -2.35. The second kappa shape index (κ2) is 8.63. The van der Waals surface area contributed by atoms with Crippen molar-refractivity contribution in [2.75, 3.05) is 0 Å². The molecule has 160 valence electrons. The summed E-state index contributed by atoms with van der Waals surface area (Å²) in [4.78, 5) is 53.3. The molecule has 0 N–H and O–H groups in total. The van der Waals surface area contributed by atoms with Crippen LogP contribution in [0.15, 0.2) is 54.6 Å². The summed E-state index contributed by atoms with van der Waals surface area (Å²) in [5, 5.41) is 2.12. The zero-order chi connectivity index (χ0) is 22.1. The molecular weight excluding hydrogens is 416 g/mol. The van der Waals surface area contributed by atoms with Crippen LogP contribution in [-0.2, 0) is 9.59 Å². The average molecular weight is 439 g/mol. The van der Waals surface area contributed by atoms with Crippen LogP contribution in [0.1, 0.15) is 53.3 Å². The number of rotatable bonds is 5. The molecule has 1 aliphatic carbocycles. The van der Waals surface area contributed by atoms with Gasteiger partial charge in [-0.25, -0.2) is 5.01 Å². The largest absolute Gasteiger partial charge is 0.292 e. The summed E-state index contributed by atoms with van der Waals surface area (Å²) < 4.78 is 0. The second-order valence-corrected chi connectivity index (χ2v) is 8.43. The highest BCUT2D eigenvalue weighted by atomic mass is 35.5. The normalized spacial score (nSPS) is 21.5. The molecule has 0 aromatic heterocycles. The highest BCUT2D eigenvalue weighted by molar-refractivity contribution is 6.34. The summed E-state index contributed by atoms with van der Waals surface area (Å²) in [5.41, 5.74) is 0.524. The third-order valence-electron chi connectivity index (χ3n) is 6.15. The van der Waals surface area contributed by atoms with Gasteiger partial charge in [0.05, 0.1) is 22.4 Å². The van der Waals surface area contributed by atoms with Crippen molar-refractivity contribution in [1.29, 1.82) is 0 Å². The lowest BCUT2D eigenvalue weighted by molar-refractivity contribution is -0.156. The molecule has 2 fully saturated rings. The number of hydrazine groups is 1. The molecule has 7 heteroatoms. The molecule has 3 amide bonds. The maximum Gasteiger partial charge on any atom is 0.275 e. The molecule has 2 aromatic carbocycles. The van der Waals surface area contributed by atoms with Crippen molar-refractivity contribution in [2.45, 2.75) is 38.6 Å². The number of benzene rings is 2. The molecule has 0 bridgehead atoms. The molecule has 1 heterocycles. The van der Waals surface area contributed by atoms with Crippen LogP contribution in [0.2, 0.25) is 5.02 Å². The Morgan fingerprint density at radius 1 is 0.935 bits per heavy atom. The molecule has 0 radical (unpaired) electrons. The fourth-order valence-corrected chi connectivity index (χ4v) is 4.73. The topological polar surface area (TPSA) is 74.8 Å². The monoisotopic (exact) mass is 438 g/mol. The molecular formula is C24H23ClN2O4. The first-order chi connectivity index (χ1) is 14.9. The first-order valence-corrected chi connectivity index (χ1v) is 10.8. The Hall–Kier alpha value is -2.99. The molecule has 1 aliphatic heterocycles. The Morgan fingerprint density at radius 2 is 1.48 bits per heavy atom. The van der Waals surface area contributed by atoms with E-state index in [4.69, 9.17) is 11.6 Å². The molecule has 2 aliphatic rings. The molecule has 3 atom stereocenters. The number of hydrogen-bond donors (Lipinski definition) is 0. The SMILES string of the molecule is C[C@@H](C(=O)c1ccccc1)N(C(=O)c1ccccc1Cl)N1C(=O)[C@H]2CCCC[C@H]2C1=O. The zero-order valence-electron chi connectivity index (χ0n) is 17.2. The van der Waals surface area contributed by atoms with Crippen LogP contribution in [0.4, 0.5) is 0 Å². The van der Waals surface area contributed by atoms with E-state index in [-0.39, 0.29) is 16.4 Å². The molecule has 0 unspecified atom stereocenters. The molecule has 1 saturated heterocycles. The number of carbonyl (C=O) groups is 4. The van der Waals surface area contributed by atoms with Gasteiger partial charge in [0.15, 0.2) is 5.78 Å². The van der Waals surface area contributed by atoms with Gasteiger partial charge in [-0.05, 0) is 31.9 Å². The zero-order valence-corrected chi connectivity index (χ0v) is 17.9. The minimum absolute atomic E-state index is 0.132. The van der Waals surface area contributed by atoms with E-state index < -0.39 is 35.6 Å². The van der Waals surface area contributed by atoms with Gasteiger partial charge >= 0.3 is 0 Å². The maximum atomic E-state index is 13.6. The number of ketones is 1. The number of fused-ring (bicyclic) bond motifs is 1. The molecule has 0 spiro atoms. The Balaban J connectivity index is 1.77. The van der Waals surface area contributed by atoms with Crippen LogP contribution < -0.4 is 0 Å². The summed E-state index contributed by atoms with van der Waals surface area (Å²) in [6.45, 7) is 1.53. The minimum Gasteiger partial charge on any atom is -0.292 e. The van der Waals surface area contributed by atoms with E-state index >= 15 is 0 Å².